The number of aromatic nitrogens is 3. The van der Waals surface area contributed by atoms with Gasteiger partial charge in [-0.05, 0) is 43.7 Å². The number of nitrogens with two attached hydrogens (primary N) is 2. The van der Waals surface area contributed by atoms with E-state index in [1.807, 2.05) is 39.0 Å². The van der Waals surface area contributed by atoms with Gasteiger partial charge in [0.15, 0.2) is 0 Å². The second-order valence-electron chi connectivity index (χ2n) is 9.00. The molecule has 3 rings (SSSR count). The summed E-state index contributed by atoms with van der Waals surface area (Å²) in [5, 5.41) is 22.3. The van der Waals surface area contributed by atoms with E-state index in [4.69, 9.17) is 21.4 Å². The molecule has 0 spiro atoms. The number of hydrogen-bond donors (Lipinski definition) is 3. The van der Waals surface area contributed by atoms with Crippen LogP contribution < -0.4 is 16.3 Å². The molecule has 0 bridgehead atoms. The number of para-hydroxylation sites is 1. The van der Waals surface area contributed by atoms with Crippen LogP contribution in [0.4, 0.5) is 5.95 Å². The highest BCUT2D eigenvalue weighted by Crippen LogP contribution is 2.32. The average molecular weight is 515 g/mol. The first kappa shape index (κ1) is 27.7. The van der Waals surface area contributed by atoms with Crippen molar-refractivity contribution in [3.05, 3.63) is 65.1 Å². The van der Waals surface area contributed by atoms with E-state index in [1.165, 1.54) is 6.21 Å². The van der Waals surface area contributed by atoms with Gasteiger partial charge in [0.1, 0.15) is 17.5 Å². The van der Waals surface area contributed by atoms with Crippen molar-refractivity contribution in [1.82, 2.24) is 15.0 Å². The molecule has 3 aromatic rings. The molecule has 0 aliphatic heterocycles. The largest absolute Gasteiger partial charge is 0.492 e. The van der Waals surface area contributed by atoms with Crippen molar-refractivity contribution < 1.29 is 14.6 Å². The van der Waals surface area contributed by atoms with Crippen LogP contribution in [0.25, 0.3) is 11.3 Å². The summed E-state index contributed by atoms with van der Waals surface area (Å²) in [6.45, 7) is 6.37. The number of nitrogens with zero attached hydrogens (tertiary/aromatic N) is 6. The maximum absolute atomic E-state index is 11.0. The van der Waals surface area contributed by atoms with Crippen molar-refractivity contribution in [3.63, 3.8) is 0 Å². The topological polar surface area (TPSA) is 186 Å². The van der Waals surface area contributed by atoms with Crippen LogP contribution in [0.5, 0.6) is 5.75 Å². The molecule has 0 aliphatic carbocycles. The molecule has 0 saturated heterocycles. The first-order valence-electron chi connectivity index (χ1n) is 12.0. The number of aliphatic carboxylic acids is 1. The first-order chi connectivity index (χ1) is 18.2. The molecule has 2 heterocycles. The lowest BCUT2D eigenvalue weighted by molar-refractivity contribution is -0.137. The van der Waals surface area contributed by atoms with Gasteiger partial charge in [0, 0.05) is 23.1 Å². The lowest BCUT2D eigenvalue weighted by Crippen LogP contribution is -2.20. The van der Waals surface area contributed by atoms with E-state index >= 15 is 0 Å². The average Bonchev–Trinajstić information content (AvgIpc) is 2.90. The lowest BCUT2D eigenvalue weighted by Gasteiger charge is -2.23. The van der Waals surface area contributed by atoms with Gasteiger partial charge >= 0.3 is 5.97 Å². The minimum atomic E-state index is -0.840. The molecule has 196 valence electrons. The Labute approximate surface area is 220 Å². The summed E-state index contributed by atoms with van der Waals surface area (Å²) in [6.07, 6.45) is 2.00. The monoisotopic (exact) mass is 514 g/mol. The van der Waals surface area contributed by atoms with Gasteiger partial charge in [0.25, 0.3) is 0 Å². The molecule has 0 unspecified atom stereocenters. The third-order valence-corrected chi connectivity index (χ3v) is 5.78. The highest BCUT2D eigenvalue weighted by Gasteiger charge is 2.23. The van der Waals surface area contributed by atoms with Crippen molar-refractivity contribution in [2.75, 3.05) is 12.3 Å². The molecule has 0 atom stereocenters. The zero-order valence-corrected chi connectivity index (χ0v) is 21.5. The predicted molar refractivity (Wildman–Crippen MR) is 145 cm³/mol. The molecule has 0 saturated carbocycles. The van der Waals surface area contributed by atoms with Crippen molar-refractivity contribution in [2.24, 2.45) is 15.9 Å². The SMILES string of the molecule is CCOc1c(C#N)cccc1-c1cc(/C(C=NCc2cccc(C(C)(C)CCC(=O)O)n2)=N/N)nc(N)n1. The molecule has 0 fully saturated rings. The number of nitriles is 1. The van der Waals surface area contributed by atoms with E-state index < -0.39 is 11.4 Å². The number of nitrogen functional groups attached to an aromatic ring is 1. The lowest BCUT2D eigenvalue weighted by atomic mass is 9.84. The Morgan fingerprint density at radius 3 is 2.66 bits per heavy atom. The molecule has 11 heteroatoms. The fraction of sp³-hybridized carbons (Fsp3) is 0.296. The van der Waals surface area contributed by atoms with Crippen LogP contribution in [-0.4, -0.2) is 44.6 Å². The predicted octanol–water partition coefficient (Wildman–Crippen LogP) is 3.47. The Balaban J connectivity index is 1.85. The zero-order valence-electron chi connectivity index (χ0n) is 21.5. The summed E-state index contributed by atoms with van der Waals surface area (Å²) in [6, 6.07) is 14.5. The standard InChI is InChI=1S/C27H30N8O3/c1-4-38-25-17(14-28)7-5-9-19(25)20-13-21(34-26(29)33-20)22(35-30)16-31-15-18-8-6-10-23(32-18)27(2,3)12-11-24(36)37/h5-10,13,16H,4,11-12,15,30H2,1-3H3,(H,36,37)(H2,29,33,34)/b31-16?,35-22+. The van der Waals surface area contributed by atoms with Gasteiger partial charge in [-0.2, -0.15) is 10.4 Å². The summed E-state index contributed by atoms with van der Waals surface area (Å²) in [7, 11) is 0. The fourth-order valence-corrected chi connectivity index (χ4v) is 3.74. The van der Waals surface area contributed by atoms with Crippen LogP contribution in [0, 0.1) is 11.3 Å². The second kappa shape index (κ2) is 12.4. The zero-order chi connectivity index (χ0) is 27.7. The van der Waals surface area contributed by atoms with Crippen LogP contribution in [-0.2, 0) is 16.8 Å². The van der Waals surface area contributed by atoms with E-state index in [0.29, 0.717) is 47.0 Å². The summed E-state index contributed by atoms with van der Waals surface area (Å²) in [5.74, 6) is 5.21. The van der Waals surface area contributed by atoms with Crippen LogP contribution in [0.2, 0.25) is 0 Å². The first-order valence-corrected chi connectivity index (χ1v) is 12.0. The Hall–Kier alpha value is -4.85. The van der Waals surface area contributed by atoms with Gasteiger partial charge < -0.3 is 21.4 Å². The van der Waals surface area contributed by atoms with Gasteiger partial charge in [-0.25, -0.2) is 9.97 Å². The Kier molecular flexibility index (Phi) is 9.05. The molecule has 0 radical (unpaired) electrons. The quantitative estimate of drug-likeness (QED) is 0.196. The molecule has 38 heavy (non-hydrogen) atoms. The number of ether oxygens (including phenoxy) is 1. The molecule has 2 aromatic heterocycles. The number of anilines is 1. The van der Waals surface area contributed by atoms with Crippen molar-refractivity contribution >= 4 is 23.8 Å². The van der Waals surface area contributed by atoms with Crippen molar-refractivity contribution in [2.45, 2.75) is 45.6 Å². The smallest absolute Gasteiger partial charge is 0.303 e. The van der Waals surface area contributed by atoms with E-state index in [9.17, 15) is 10.1 Å². The van der Waals surface area contributed by atoms with Crippen LogP contribution >= 0.6 is 0 Å². The summed E-state index contributed by atoms with van der Waals surface area (Å²) >= 11 is 0. The number of hydrazone groups is 1. The van der Waals surface area contributed by atoms with E-state index in [2.05, 4.69) is 31.1 Å². The van der Waals surface area contributed by atoms with Crippen LogP contribution in [0.3, 0.4) is 0 Å². The molecule has 0 amide bonds. The van der Waals surface area contributed by atoms with Crippen LogP contribution in [0.1, 0.15) is 56.3 Å². The van der Waals surface area contributed by atoms with E-state index in [0.717, 1.165) is 5.69 Å². The molecule has 0 aliphatic rings. The highest BCUT2D eigenvalue weighted by molar-refractivity contribution is 6.37. The number of carboxylic acids is 1. The highest BCUT2D eigenvalue weighted by atomic mass is 16.5. The molecule has 5 N–H and O–H groups in total. The third-order valence-electron chi connectivity index (χ3n) is 5.78. The maximum atomic E-state index is 11.0. The summed E-state index contributed by atoms with van der Waals surface area (Å²) in [5.41, 5.74) is 9.10. The number of rotatable bonds is 11. The number of carbonyl (C=O) groups is 1. The molecule has 11 nitrogen and oxygen atoms in total. The van der Waals surface area contributed by atoms with Gasteiger partial charge in [-0.1, -0.05) is 26.0 Å². The number of benzene rings is 1. The Morgan fingerprint density at radius 1 is 1.21 bits per heavy atom. The van der Waals surface area contributed by atoms with Crippen molar-refractivity contribution in [3.8, 4) is 23.1 Å². The minimum absolute atomic E-state index is 0.00480. The molecule has 1 aromatic carbocycles. The van der Waals surface area contributed by atoms with Gasteiger partial charge in [0.2, 0.25) is 5.95 Å². The number of pyridine rings is 1. The third kappa shape index (κ3) is 6.88. The van der Waals surface area contributed by atoms with Crippen molar-refractivity contribution in [1.29, 1.82) is 5.26 Å². The summed E-state index contributed by atoms with van der Waals surface area (Å²) < 4.78 is 5.71. The van der Waals surface area contributed by atoms with Gasteiger partial charge in [-0.15, -0.1) is 0 Å². The normalized spacial score (nSPS) is 11.9. The van der Waals surface area contributed by atoms with Crippen LogP contribution in [0.15, 0.2) is 52.6 Å². The van der Waals surface area contributed by atoms with E-state index in [-0.39, 0.29) is 24.6 Å². The maximum Gasteiger partial charge on any atom is 0.303 e. The minimum Gasteiger partial charge on any atom is -0.492 e. The number of aliphatic imine (C=N–C) groups is 1. The van der Waals surface area contributed by atoms with Gasteiger partial charge in [0.05, 0.1) is 42.0 Å². The molecular weight excluding hydrogens is 484 g/mol. The Bertz CT molecular complexity index is 1410. The fourth-order valence-electron chi connectivity index (χ4n) is 3.74. The molecular formula is C27H30N8O3. The number of hydrogen-bond acceptors (Lipinski definition) is 10. The Morgan fingerprint density at radius 2 is 1.97 bits per heavy atom. The van der Waals surface area contributed by atoms with Gasteiger partial charge in [-0.3, -0.25) is 14.8 Å². The second-order valence-corrected chi connectivity index (χ2v) is 9.00. The summed E-state index contributed by atoms with van der Waals surface area (Å²) in [4.78, 5) is 28.7. The number of carboxylic acid groups (broad SMARTS) is 1. The van der Waals surface area contributed by atoms with E-state index in [1.54, 1.807) is 24.3 Å².